The molecule has 0 aliphatic rings. The lowest BCUT2D eigenvalue weighted by Crippen LogP contribution is -2.52. The van der Waals surface area contributed by atoms with Gasteiger partial charge in [-0.2, -0.15) is 4.72 Å². The average Bonchev–Trinajstić information content (AvgIpc) is 2.53. The first-order valence-corrected chi connectivity index (χ1v) is 5.61. The molecule has 0 saturated carbocycles. The average molecular weight is 231 g/mol. The van der Waals surface area contributed by atoms with Crippen molar-refractivity contribution in [2.45, 2.75) is 24.4 Å². The van der Waals surface area contributed by atoms with Crippen molar-refractivity contribution in [2.24, 2.45) is 5.73 Å². The van der Waals surface area contributed by atoms with E-state index in [0.29, 0.717) is 0 Å². The predicted octanol–water partition coefficient (Wildman–Crippen LogP) is -0.597. The molecule has 1 rings (SSSR count). The third kappa shape index (κ3) is 2.54. The standard InChI is InChI=1S/C7H13N5O2S/c1-7(2,6(8)9)12-15(13,14)5-3-10-4-11-5/h3-4,12H,1-2H3,(H3,8,9)(H,10,11). The summed E-state index contributed by atoms with van der Waals surface area (Å²) in [4.78, 5) is 6.07. The highest BCUT2D eigenvalue weighted by atomic mass is 32.2. The molecule has 15 heavy (non-hydrogen) atoms. The van der Waals surface area contributed by atoms with Crippen molar-refractivity contribution in [2.75, 3.05) is 0 Å². The number of nitrogens with zero attached hydrogens (tertiary/aromatic N) is 1. The maximum atomic E-state index is 11.7. The summed E-state index contributed by atoms with van der Waals surface area (Å²) in [6.07, 6.45) is 2.44. The number of aromatic nitrogens is 2. The van der Waals surface area contributed by atoms with Crippen LogP contribution in [0.5, 0.6) is 0 Å². The Hall–Kier alpha value is -1.41. The van der Waals surface area contributed by atoms with Crippen LogP contribution in [0.25, 0.3) is 0 Å². The minimum atomic E-state index is -3.71. The molecule has 7 nitrogen and oxygen atoms in total. The molecule has 1 aromatic rings. The lowest BCUT2D eigenvalue weighted by molar-refractivity contribution is 0.539. The first-order chi connectivity index (χ1) is 6.76. The van der Waals surface area contributed by atoms with Crippen LogP contribution in [-0.2, 0) is 10.0 Å². The number of aromatic amines is 1. The van der Waals surface area contributed by atoms with Crippen LogP contribution in [0.2, 0.25) is 0 Å². The Morgan fingerprint density at radius 2 is 2.27 bits per heavy atom. The molecule has 0 aromatic carbocycles. The van der Waals surface area contributed by atoms with E-state index in [1.807, 2.05) is 0 Å². The Labute approximate surface area is 87.7 Å². The van der Waals surface area contributed by atoms with Crippen molar-refractivity contribution in [1.29, 1.82) is 5.41 Å². The minimum Gasteiger partial charge on any atom is -0.386 e. The van der Waals surface area contributed by atoms with Gasteiger partial charge in [-0.05, 0) is 13.8 Å². The summed E-state index contributed by atoms with van der Waals surface area (Å²) in [6, 6.07) is 0. The number of H-pyrrole nitrogens is 1. The van der Waals surface area contributed by atoms with Crippen molar-refractivity contribution in [3.8, 4) is 0 Å². The maximum absolute atomic E-state index is 11.7. The number of hydrogen-bond acceptors (Lipinski definition) is 4. The molecular formula is C7H13N5O2S. The molecule has 0 atom stereocenters. The highest BCUT2D eigenvalue weighted by molar-refractivity contribution is 7.89. The first-order valence-electron chi connectivity index (χ1n) is 4.12. The molecule has 0 unspecified atom stereocenters. The van der Waals surface area contributed by atoms with Crippen LogP contribution in [0.3, 0.4) is 0 Å². The van der Waals surface area contributed by atoms with Gasteiger partial charge >= 0.3 is 0 Å². The van der Waals surface area contributed by atoms with E-state index in [0.717, 1.165) is 0 Å². The van der Waals surface area contributed by atoms with Crippen molar-refractivity contribution >= 4 is 15.9 Å². The van der Waals surface area contributed by atoms with Gasteiger partial charge in [-0.3, -0.25) is 5.41 Å². The number of sulfonamides is 1. The molecule has 0 spiro atoms. The Balaban J connectivity index is 2.97. The van der Waals surface area contributed by atoms with Crippen molar-refractivity contribution in [3.63, 3.8) is 0 Å². The molecular weight excluding hydrogens is 218 g/mol. The third-order valence-corrected chi connectivity index (χ3v) is 3.41. The van der Waals surface area contributed by atoms with E-state index in [-0.39, 0.29) is 10.9 Å². The second kappa shape index (κ2) is 3.63. The Kier molecular flexibility index (Phi) is 2.82. The third-order valence-electron chi connectivity index (χ3n) is 1.83. The van der Waals surface area contributed by atoms with Gasteiger partial charge in [0.15, 0.2) is 5.03 Å². The number of rotatable bonds is 4. The smallest absolute Gasteiger partial charge is 0.258 e. The van der Waals surface area contributed by atoms with E-state index >= 15 is 0 Å². The van der Waals surface area contributed by atoms with Crippen LogP contribution in [0, 0.1) is 5.41 Å². The van der Waals surface area contributed by atoms with Crippen LogP contribution < -0.4 is 10.5 Å². The SMILES string of the molecule is CC(C)(NS(=O)(=O)c1cnc[nH]1)C(=N)N. The molecule has 1 aromatic heterocycles. The monoisotopic (exact) mass is 231 g/mol. The van der Waals surface area contributed by atoms with Gasteiger partial charge in [-0.1, -0.05) is 0 Å². The zero-order chi connectivity index (χ0) is 11.7. The maximum Gasteiger partial charge on any atom is 0.258 e. The number of nitrogens with two attached hydrogens (primary N) is 1. The van der Waals surface area contributed by atoms with Gasteiger partial charge in [0, 0.05) is 0 Å². The van der Waals surface area contributed by atoms with E-state index in [9.17, 15) is 8.42 Å². The highest BCUT2D eigenvalue weighted by Crippen LogP contribution is 2.09. The molecule has 0 aliphatic heterocycles. The lowest BCUT2D eigenvalue weighted by atomic mass is 10.1. The molecule has 5 N–H and O–H groups in total. The fourth-order valence-corrected chi connectivity index (χ4v) is 2.14. The molecule has 8 heteroatoms. The fourth-order valence-electron chi connectivity index (χ4n) is 0.836. The number of imidazole rings is 1. The van der Waals surface area contributed by atoms with Gasteiger partial charge in [0.1, 0.15) is 5.84 Å². The highest BCUT2D eigenvalue weighted by Gasteiger charge is 2.29. The van der Waals surface area contributed by atoms with Crippen LogP contribution in [-0.4, -0.2) is 29.8 Å². The van der Waals surface area contributed by atoms with Gasteiger partial charge in [-0.25, -0.2) is 13.4 Å². The minimum absolute atomic E-state index is 0.0585. The van der Waals surface area contributed by atoms with E-state index in [1.165, 1.54) is 26.4 Å². The normalized spacial score (nSPS) is 12.7. The molecule has 0 aliphatic carbocycles. The van der Waals surface area contributed by atoms with Crippen molar-refractivity contribution in [1.82, 2.24) is 14.7 Å². The molecule has 0 bridgehead atoms. The fraction of sp³-hybridized carbons (Fsp3) is 0.429. The summed E-state index contributed by atoms with van der Waals surface area (Å²) in [6.45, 7) is 3.01. The topological polar surface area (TPSA) is 125 Å². The van der Waals surface area contributed by atoms with Crippen LogP contribution >= 0.6 is 0 Å². The Morgan fingerprint density at radius 1 is 1.67 bits per heavy atom. The molecule has 0 fully saturated rings. The zero-order valence-corrected chi connectivity index (χ0v) is 9.22. The largest absolute Gasteiger partial charge is 0.386 e. The molecule has 0 amide bonds. The number of hydrogen-bond donors (Lipinski definition) is 4. The number of nitrogens with one attached hydrogen (secondary N) is 3. The molecule has 0 radical (unpaired) electrons. The van der Waals surface area contributed by atoms with Gasteiger partial charge in [0.25, 0.3) is 10.0 Å². The summed E-state index contributed by atoms with van der Waals surface area (Å²) in [5, 5.41) is 7.17. The summed E-state index contributed by atoms with van der Waals surface area (Å²) < 4.78 is 25.6. The first kappa shape index (κ1) is 11.7. The summed E-state index contributed by atoms with van der Waals surface area (Å²) in [5.74, 6) is -0.259. The van der Waals surface area contributed by atoms with Gasteiger partial charge < -0.3 is 10.7 Å². The Morgan fingerprint density at radius 3 is 2.67 bits per heavy atom. The quantitative estimate of drug-likeness (QED) is 0.408. The van der Waals surface area contributed by atoms with Crippen molar-refractivity contribution < 1.29 is 8.42 Å². The lowest BCUT2D eigenvalue weighted by Gasteiger charge is -2.23. The van der Waals surface area contributed by atoms with Gasteiger partial charge in [-0.15, -0.1) is 0 Å². The summed E-state index contributed by atoms with van der Waals surface area (Å²) in [7, 11) is -3.71. The van der Waals surface area contributed by atoms with Gasteiger partial charge in [0.05, 0.1) is 18.1 Å². The second-order valence-corrected chi connectivity index (χ2v) is 5.21. The van der Waals surface area contributed by atoms with E-state index in [4.69, 9.17) is 11.1 Å². The van der Waals surface area contributed by atoms with Crippen LogP contribution in [0.15, 0.2) is 17.6 Å². The second-order valence-electron chi connectivity index (χ2n) is 3.56. The summed E-state index contributed by atoms with van der Waals surface area (Å²) in [5.41, 5.74) is 4.14. The van der Waals surface area contributed by atoms with E-state index in [2.05, 4.69) is 14.7 Å². The molecule has 1 heterocycles. The van der Waals surface area contributed by atoms with Crippen LogP contribution in [0.1, 0.15) is 13.8 Å². The zero-order valence-electron chi connectivity index (χ0n) is 8.40. The number of amidine groups is 1. The van der Waals surface area contributed by atoms with Crippen molar-refractivity contribution in [3.05, 3.63) is 12.5 Å². The Bertz CT molecular complexity index is 448. The van der Waals surface area contributed by atoms with Gasteiger partial charge in [0.2, 0.25) is 0 Å². The molecule has 0 saturated heterocycles. The van der Waals surface area contributed by atoms with E-state index < -0.39 is 15.6 Å². The molecule has 84 valence electrons. The summed E-state index contributed by atoms with van der Waals surface area (Å²) >= 11 is 0. The van der Waals surface area contributed by atoms with Crippen LogP contribution in [0.4, 0.5) is 0 Å². The van der Waals surface area contributed by atoms with E-state index in [1.54, 1.807) is 0 Å². The predicted molar refractivity (Wildman–Crippen MR) is 54.9 cm³/mol.